The van der Waals surface area contributed by atoms with E-state index in [0.29, 0.717) is 49.2 Å². The standard InChI is InChI=1S/C33H36FN9O2/c1-4-19-14-29(44)24(34)15-23(19)20-5-6-22-26(13-20)39-40-31(22)32-37-25-9-12-43(18-28(25)38-32)33(45)27-16-36-30(17-35-27)42-10-7-21(8-11-42)41(2)3/h5-6,13-17,21,44H,4,7-12,18H2,1-3H3,(H,37,38)(H,39,40). The number of aromatic amines is 2. The third-order valence-electron chi connectivity index (χ3n) is 9.15. The number of imidazole rings is 1. The number of aryl methyl sites for hydroxylation is 1. The Morgan fingerprint density at radius 1 is 1.11 bits per heavy atom. The third kappa shape index (κ3) is 5.39. The highest BCUT2D eigenvalue weighted by Gasteiger charge is 2.28. The van der Waals surface area contributed by atoms with Crippen LogP contribution in [0.15, 0.2) is 42.7 Å². The molecule has 3 aromatic heterocycles. The van der Waals surface area contributed by atoms with E-state index in [4.69, 9.17) is 4.98 Å². The van der Waals surface area contributed by atoms with Crippen molar-refractivity contribution in [2.45, 2.75) is 45.2 Å². The zero-order valence-corrected chi connectivity index (χ0v) is 25.6. The monoisotopic (exact) mass is 609 g/mol. The number of phenolic OH excluding ortho intramolecular Hbond substituents is 1. The molecule has 232 valence electrons. The third-order valence-corrected chi connectivity index (χ3v) is 9.15. The molecule has 2 aliphatic rings. The molecule has 0 spiro atoms. The molecular weight excluding hydrogens is 573 g/mol. The van der Waals surface area contributed by atoms with E-state index in [2.05, 4.69) is 49.0 Å². The molecule has 3 N–H and O–H groups in total. The van der Waals surface area contributed by atoms with E-state index in [0.717, 1.165) is 70.7 Å². The molecule has 1 amide bonds. The number of hydrogen-bond donors (Lipinski definition) is 3. The zero-order valence-electron chi connectivity index (χ0n) is 25.6. The molecule has 1 saturated heterocycles. The average Bonchev–Trinajstić information content (AvgIpc) is 3.69. The Labute approximate surface area is 260 Å². The first-order valence-electron chi connectivity index (χ1n) is 15.4. The van der Waals surface area contributed by atoms with Crippen LogP contribution < -0.4 is 4.90 Å². The minimum atomic E-state index is -0.652. The number of fused-ring (bicyclic) bond motifs is 2. The first-order chi connectivity index (χ1) is 21.8. The van der Waals surface area contributed by atoms with E-state index < -0.39 is 5.82 Å². The molecular formula is C33H36FN9O2. The molecule has 5 aromatic rings. The van der Waals surface area contributed by atoms with Crippen LogP contribution in [0.5, 0.6) is 5.75 Å². The molecule has 11 nitrogen and oxygen atoms in total. The van der Waals surface area contributed by atoms with Crippen LogP contribution in [0.1, 0.15) is 47.2 Å². The fourth-order valence-electron chi connectivity index (χ4n) is 6.48. The lowest BCUT2D eigenvalue weighted by molar-refractivity contribution is 0.0725. The molecule has 2 aliphatic heterocycles. The first kappa shape index (κ1) is 28.9. The van der Waals surface area contributed by atoms with Gasteiger partial charge in [0.25, 0.3) is 5.91 Å². The Bertz CT molecular complexity index is 1870. The SMILES string of the molecule is CCc1cc(O)c(F)cc1-c1ccc2c(-c3nc4c([nH]3)CCN(C(=O)c3cnc(N5CCC(N(C)C)CC5)cn3)C4)n[nH]c2c1. The second kappa shape index (κ2) is 11.6. The van der Waals surface area contributed by atoms with Gasteiger partial charge in [0.15, 0.2) is 17.4 Å². The number of carbonyl (C=O) groups excluding carboxylic acids is 1. The van der Waals surface area contributed by atoms with Gasteiger partial charge in [0.2, 0.25) is 0 Å². The minimum Gasteiger partial charge on any atom is -0.505 e. The predicted molar refractivity (Wildman–Crippen MR) is 170 cm³/mol. The van der Waals surface area contributed by atoms with E-state index in [1.807, 2.05) is 25.1 Å². The van der Waals surface area contributed by atoms with Gasteiger partial charge < -0.3 is 24.8 Å². The van der Waals surface area contributed by atoms with E-state index in [9.17, 15) is 14.3 Å². The molecule has 7 rings (SSSR count). The van der Waals surface area contributed by atoms with Crippen molar-refractivity contribution in [3.8, 4) is 28.4 Å². The number of H-pyrrole nitrogens is 2. The van der Waals surface area contributed by atoms with Crippen molar-refractivity contribution >= 4 is 22.6 Å². The normalized spacial score (nSPS) is 15.7. The summed E-state index contributed by atoms with van der Waals surface area (Å²) in [5.74, 6) is 0.271. The van der Waals surface area contributed by atoms with Gasteiger partial charge in [-0.05, 0) is 74.3 Å². The number of nitrogens with one attached hydrogen (secondary N) is 2. The number of hydrogen-bond acceptors (Lipinski definition) is 8. The second-order valence-corrected chi connectivity index (χ2v) is 12.1. The Morgan fingerprint density at radius 3 is 2.67 bits per heavy atom. The number of carbonyl (C=O) groups is 1. The number of anilines is 1. The molecule has 0 radical (unpaired) electrons. The van der Waals surface area contributed by atoms with E-state index in [-0.39, 0.29) is 11.7 Å². The summed E-state index contributed by atoms with van der Waals surface area (Å²) in [5, 5.41) is 18.3. The van der Waals surface area contributed by atoms with Gasteiger partial charge in [-0.15, -0.1) is 0 Å². The highest BCUT2D eigenvalue weighted by atomic mass is 19.1. The van der Waals surface area contributed by atoms with E-state index in [1.54, 1.807) is 17.3 Å². The Balaban J connectivity index is 1.06. The van der Waals surface area contributed by atoms with Crippen LogP contribution in [0.25, 0.3) is 33.5 Å². The number of amides is 1. The molecule has 0 atom stereocenters. The molecule has 0 saturated carbocycles. The topological polar surface area (TPSA) is 130 Å². The summed E-state index contributed by atoms with van der Waals surface area (Å²) >= 11 is 0. The van der Waals surface area contributed by atoms with Gasteiger partial charge in [0.1, 0.15) is 17.2 Å². The summed E-state index contributed by atoms with van der Waals surface area (Å²) in [5.41, 5.74) is 5.98. The summed E-state index contributed by atoms with van der Waals surface area (Å²) in [6.45, 7) is 4.72. The fraction of sp³-hybridized carbons (Fsp3) is 0.364. The number of rotatable bonds is 6. The van der Waals surface area contributed by atoms with E-state index in [1.165, 1.54) is 12.1 Å². The lowest BCUT2D eigenvalue weighted by Gasteiger charge is -2.35. The molecule has 0 aliphatic carbocycles. The minimum absolute atomic E-state index is 0.162. The smallest absolute Gasteiger partial charge is 0.274 e. The summed E-state index contributed by atoms with van der Waals surface area (Å²) in [7, 11) is 4.24. The molecule has 0 unspecified atom stereocenters. The van der Waals surface area contributed by atoms with Crippen molar-refractivity contribution in [1.29, 1.82) is 0 Å². The van der Waals surface area contributed by atoms with Crippen LogP contribution in [0.4, 0.5) is 10.2 Å². The van der Waals surface area contributed by atoms with Gasteiger partial charge in [-0.1, -0.05) is 13.0 Å². The maximum absolute atomic E-state index is 14.2. The van der Waals surface area contributed by atoms with Gasteiger partial charge in [-0.2, -0.15) is 5.10 Å². The largest absolute Gasteiger partial charge is 0.505 e. The second-order valence-electron chi connectivity index (χ2n) is 12.1. The van der Waals surface area contributed by atoms with Crippen LogP contribution in [0, 0.1) is 5.82 Å². The number of aromatic hydroxyl groups is 1. The fourth-order valence-corrected chi connectivity index (χ4v) is 6.48. The van der Waals surface area contributed by atoms with Crippen LogP contribution in [-0.4, -0.2) is 90.7 Å². The molecule has 0 bridgehead atoms. The van der Waals surface area contributed by atoms with Crippen LogP contribution >= 0.6 is 0 Å². The van der Waals surface area contributed by atoms with Crippen molar-refractivity contribution in [3.63, 3.8) is 0 Å². The highest BCUT2D eigenvalue weighted by Crippen LogP contribution is 2.34. The van der Waals surface area contributed by atoms with Crippen LogP contribution in [-0.2, 0) is 19.4 Å². The molecule has 12 heteroatoms. The maximum Gasteiger partial charge on any atom is 0.274 e. The highest BCUT2D eigenvalue weighted by molar-refractivity contribution is 5.94. The summed E-state index contributed by atoms with van der Waals surface area (Å²) < 4.78 is 14.2. The Hall–Kier alpha value is -4.84. The molecule has 1 fully saturated rings. The number of nitrogens with zero attached hydrogens (tertiary/aromatic N) is 7. The van der Waals surface area contributed by atoms with E-state index >= 15 is 0 Å². The van der Waals surface area contributed by atoms with Gasteiger partial charge >= 0.3 is 0 Å². The summed E-state index contributed by atoms with van der Waals surface area (Å²) in [6, 6.07) is 9.23. The van der Waals surface area contributed by atoms with Crippen molar-refractivity contribution in [1.82, 2.24) is 39.9 Å². The van der Waals surface area contributed by atoms with Crippen molar-refractivity contribution in [2.24, 2.45) is 0 Å². The predicted octanol–water partition coefficient (Wildman–Crippen LogP) is 4.55. The average molecular weight is 610 g/mol. The summed E-state index contributed by atoms with van der Waals surface area (Å²) in [4.78, 5) is 37.0. The number of halogens is 1. The maximum atomic E-state index is 14.2. The van der Waals surface area contributed by atoms with Gasteiger partial charge in [0.05, 0.1) is 30.1 Å². The first-order valence-corrected chi connectivity index (χ1v) is 15.4. The number of benzene rings is 2. The number of aromatic nitrogens is 6. The molecule has 2 aromatic carbocycles. The quantitative estimate of drug-likeness (QED) is 0.256. The van der Waals surface area contributed by atoms with Gasteiger partial charge in [0, 0.05) is 43.2 Å². The van der Waals surface area contributed by atoms with Gasteiger partial charge in [-0.25, -0.2) is 19.3 Å². The van der Waals surface area contributed by atoms with Crippen molar-refractivity contribution < 1.29 is 14.3 Å². The summed E-state index contributed by atoms with van der Waals surface area (Å²) in [6.07, 6.45) is 6.74. The molecule has 5 heterocycles. The number of phenols is 1. The lowest BCUT2D eigenvalue weighted by atomic mass is 9.96. The Morgan fingerprint density at radius 2 is 1.93 bits per heavy atom. The number of piperidine rings is 1. The zero-order chi connectivity index (χ0) is 31.2. The molecule has 45 heavy (non-hydrogen) atoms. The van der Waals surface area contributed by atoms with Crippen LogP contribution in [0.3, 0.4) is 0 Å². The van der Waals surface area contributed by atoms with Crippen molar-refractivity contribution in [2.75, 3.05) is 38.6 Å². The van der Waals surface area contributed by atoms with Crippen LogP contribution in [0.2, 0.25) is 0 Å². The lowest BCUT2D eigenvalue weighted by Crippen LogP contribution is -2.42. The van der Waals surface area contributed by atoms with Gasteiger partial charge in [-0.3, -0.25) is 9.89 Å². The Kier molecular flexibility index (Phi) is 7.44. The van der Waals surface area contributed by atoms with Crippen molar-refractivity contribution in [3.05, 3.63) is 71.2 Å².